The van der Waals surface area contributed by atoms with Crippen molar-refractivity contribution in [1.29, 1.82) is 0 Å². The van der Waals surface area contributed by atoms with Crippen LogP contribution >= 0.6 is 0 Å². The fraction of sp³-hybridized carbons (Fsp3) is 0.556. The number of aliphatic hydroxyl groups is 2. The van der Waals surface area contributed by atoms with E-state index in [0.29, 0.717) is 5.76 Å². The average molecular weight is 154 g/mol. The van der Waals surface area contributed by atoms with Crippen LogP contribution in [0.2, 0.25) is 0 Å². The summed E-state index contributed by atoms with van der Waals surface area (Å²) >= 11 is 0. The van der Waals surface area contributed by atoms with Crippen molar-refractivity contribution in [1.82, 2.24) is 0 Å². The summed E-state index contributed by atoms with van der Waals surface area (Å²) in [6.45, 7) is 4.01. The van der Waals surface area contributed by atoms with Gasteiger partial charge in [-0.3, -0.25) is 0 Å². The number of aliphatic hydroxyl groups excluding tert-OH is 2. The van der Waals surface area contributed by atoms with Crippen molar-refractivity contribution in [3.05, 3.63) is 23.5 Å². The predicted octanol–water partition coefficient (Wildman–Crippen LogP) is 1.78. The molecule has 0 saturated carbocycles. The lowest BCUT2D eigenvalue weighted by Crippen LogP contribution is -2.19. The lowest BCUT2D eigenvalue weighted by atomic mass is 9.80. The topological polar surface area (TPSA) is 40.5 Å². The number of hydrogen-bond donors (Lipinski definition) is 2. The molecule has 0 radical (unpaired) electrons. The highest BCUT2D eigenvalue weighted by Gasteiger charge is 2.26. The summed E-state index contributed by atoms with van der Waals surface area (Å²) in [7, 11) is 0. The monoisotopic (exact) mass is 154 g/mol. The Morgan fingerprint density at radius 1 is 1.45 bits per heavy atom. The molecule has 1 aliphatic rings. The Labute approximate surface area is 66.9 Å². The number of allylic oxidation sites excluding steroid dienone is 3. The lowest BCUT2D eigenvalue weighted by molar-refractivity contribution is 0.238. The van der Waals surface area contributed by atoms with Crippen LogP contribution in [-0.4, -0.2) is 16.8 Å². The fourth-order valence-corrected chi connectivity index (χ4v) is 1.25. The summed E-state index contributed by atoms with van der Waals surface area (Å²) in [5.41, 5.74) is 0.778. The largest absolute Gasteiger partial charge is 0.512 e. The predicted molar refractivity (Wildman–Crippen MR) is 44.3 cm³/mol. The highest BCUT2D eigenvalue weighted by Crippen LogP contribution is 2.34. The van der Waals surface area contributed by atoms with Gasteiger partial charge in [-0.15, -0.1) is 0 Å². The first kappa shape index (κ1) is 8.34. The summed E-state index contributed by atoms with van der Waals surface area (Å²) in [6.07, 6.45) is 4.18. The van der Waals surface area contributed by atoms with E-state index in [-0.39, 0.29) is 12.0 Å². The molecule has 1 rings (SSSR count). The van der Waals surface area contributed by atoms with Crippen molar-refractivity contribution in [2.24, 2.45) is 5.41 Å². The van der Waals surface area contributed by atoms with Gasteiger partial charge in [-0.05, 0) is 18.1 Å². The van der Waals surface area contributed by atoms with E-state index in [1.165, 1.54) is 0 Å². The van der Waals surface area contributed by atoms with Crippen LogP contribution in [0.15, 0.2) is 23.5 Å². The van der Waals surface area contributed by atoms with Crippen molar-refractivity contribution < 1.29 is 10.2 Å². The van der Waals surface area contributed by atoms with Gasteiger partial charge in [0.15, 0.2) is 0 Å². The minimum Gasteiger partial charge on any atom is -0.512 e. The molecule has 0 saturated heterocycles. The van der Waals surface area contributed by atoms with Crippen LogP contribution < -0.4 is 0 Å². The third-order valence-corrected chi connectivity index (χ3v) is 2.04. The van der Waals surface area contributed by atoms with E-state index in [1.54, 1.807) is 12.2 Å². The molecule has 2 nitrogen and oxygen atoms in total. The zero-order chi connectivity index (χ0) is 8.48. The van der Waals surface area contributed by atoms with Gasteiger partial charge < -0.3 is 10.2 Å². The molecule has 2 heteroatoms. The first-order chi connectivity index (χ1) is 5.06. The normalized spacial score (nSPS) is 22.5. The van der Waals surface area contributed by atoms with Gasteiger partial charge in [-0.2, -0.15) is 0 Å². The summed E-state index contributed by atoms with van der Waals surface area (Å²) in [5.74, 6) is 0.398. The molecular weight excluding hydrogens is 140 g/mol. The van der Waals surface area contributed by atoms with Gasteiger partial charge in [0.25, 0.3) is 0 Å². The van der Waals surface area contributed by atoms with Gasteiger partial charge in [-0.25, -0.2) is 0 Å². The molecule has 0 aromatic rings. The molecule has 0 spiro atoms. The van der Waals surface area contributed by atoms with Gasteiger partial charge in [0, 0.05) is 5.41 Å². The zero-order valence-corrected chi connectivity index (χ0v) is 6.96. The minimum atomic E-state index is -0.202. The van der Waals surface area contributed by atoms with Gasteiger partial charge in [0.1, 0.15) is 0 Å². The van der Waals surface area contributed by atoms with Crippen LogP contribution in [0.1, 0.15) is 20.3 Å². The maximum absolute atomic E-state index is 9.39. The van der Waals surface area contributed by atoms with Gasteiger partial charge in [-0.1, -0.05) is 19.9 Å². The quantitative estimate of drug-likeness (QED) is 0.604. The summed E-state index contributed by atoms with van der Waals surface area (Å²) in [6, 6.07) is 0. The van der Waals surface area contributed by atoms with Crippen molar-refractivity contribution in [3.8, 4) is 0 Å². The maximum Gasteiger partial charge on any atom is 0.0981 e. The minimum absolute atomic E-state index is 0.0905. The van der Waals surface area contributed by atoms with Crippen LogP contribution in [0.5, 0.6) is 0 Å². The van der Waals surface area contributed by atoms with Crippen LogP contribution in [-0.2, 0) is 0 Å². The number of hydrogen-bond acceptors (Lipinski definition) is 2. The lowest BCUT2D eigenvalue weighted by Gasteiger charge is -2.27. The van der Waals surface area contributed by atoms with Crippen molar-refractivity contribution in [2.75, 3.05) is 6.61 Å². The second-order valence-electron chi connectivity index (χ2n) is 3.60. The van der Waals surface area contributed by atoms with Crippen LogP contribution in [0.25, 0.3) is 0 Å². The van der Waals surface area contributed by atoms with E-state index < -0.39 is 0 Å². The molecule has 0 aliphatic heterocycles. The Balaban J connectivity index is 2.84. The highest BCUT2D eigenvalue weighted by atomic mass is 16.3. The van der Waals surface area contributed by atoms with E-state index in [1.807, 2.05) is 13.8 Å². The first-order valence-electron chi connectivity index (χ1n) is 3.76. The SMILES string of the molecule is CC1(C)CC(CO)=CC=C1O. The van der Waals surface area contributed by atoms with Crippen LogP contribution in [0, 0.1) is 5.41 Å². The Morgan fingerprint density at radius 2 is 2.09 bits per heavy atom. The van der Waals surface area contributed by atoms with E-state index in [4.69, 9.17) is 5.11 Å². The standard InChI is InChI=1S/C9H14O2/c1-9(2)5-7(6-10)3-4-8(9)11/h3-4,10-11H,5-6H2,1-2H3. The van der Waals surface area contributed by atoms with E-state index in [0.717, 1.165) is 12.0 Å². The van der Waals surface area contributed by atoms with Crippen molar-refractivity contribution in [3.63, 3.8) is 0 Å². The summed E-state index contributed by atoms with van der Waals surface area (Å²) in [5, 5.41) is 18.2. The van der Waals surface area contributed by atoms with Gasteiger partial charge in [0.2, 0.25) is 0 Å². The molecule has 0 fully saturated rings. The maximum atomic E-state index is 9.39. The second-order valence-corrected chi connectivity index (χ2v) is 3.60. The highest BCUT2D eigenvalue weighted by molar-refractivity contribution is 5.25. The van der Waals surface area contributed by atoms with Crippen molar-refractivity contribution in [2.45, 2.75) is 20.3 Å². The Morgan fingerprint density at radius 3 is 2.55 bits per heavy atom. The molecule has 2 N–H and O–H groups in total. The average Bonchev–Trinajstić information content (AvgIpc) is 1.95. The van der Waals surface area contributed by atoms with E-state index >= 15 is 0 Å². The Bertz CT molecular complexity index is 212. The molecule has 0 atom stereocenters. The Kier molecular flexibility index (Phi) is 2.05. The molecule has 0 unspecified atom stereocenters. The molecule has 0 bridgehead atoms. The van der Waals surface area contributed by atoms with E-state index in [2.05, 4.69) is 0 Å². The zero-order valence-electron chi connectivity index (χ0n) is 6.96. The van der Waals surface area contributed by atoms with Crippen molar-refractivity contribution >= 4 is 0 Å². The van der Waals surface area contributed by atoms with Crippen LogP contribution in [0.3, 0.4) is 0 Å². The molecule has 1 aliphatic carbocycles. The molecule has 0 aromatic carbocycles. The fourth-order valence-electron chi connectivity index (χ4n) is 1.25. The molecule has 11 heavy (non-hydrogen) atoms. The molecule has 0 amide bonds. The Hall–Kier alpha value is -0.760. The van der Waals surface area contributed by atoms with Gasteiger partial charge in [0.05, 0.1) is 12.4 Å². The van der Waals surface area contributed by atoms with Crippen LogP contribution in [0.4, 0.5) is 0 Å². The molecule has 62 valence electrons. The third kappa shape index (κ3) is 1.63. The van der Waals surface area contributed by atoms with E-state index in [9.17, 15) is 5.11 Å². The molecule has 0 aromatic heterocycles. The van der Waals surface area contributed by atoms with Gasteiger partial charge >= 0.3 is 0 Å². The third-order valence-electron chi connectivity index (χ3n) is 2.04. The second kappa shape index (κ2) is 2.70. The first-order valence-corrected chi connectivity index (χ1v) is 3.76. The smallest absolute Gasteiger partial charge is 0.0981 e. The molecule has 0 heterocycles. The summed E-state index contributed by atoms with van der Waals surface area (Å²) in [4.78, 5) is 0. The molecular formula is C9H14O2. The number of rotatable bonds is 1. The summed E-state index contributed by atoms with van der Waals surface area (Å²) < 4.78 is 0.